The van der Waals surface area contributed by atoms with Crippen molar-refractivity contribution in [3.63, 3.8) is 0 Å². The van der Waals surface area contributed by atoms with E-state index in [9.17, 15) is 4.79 Å². The predicted octanol–water partition coefficient (Wildman–Crippen LogP) is 4.62. The first-order valence-electron chi connectivity index (χ1n) is 9.58. The number of hydrazone groups is 1. The van der Waals surface area contributed by atoms with Crippen LogP contribution in [0.15, 0.2) is 65.8 Å². The fourth-order valence-electron chi connectivity index (χ4n) is 3.14. The summed E-state index contributed by atoms with van der Waals surface area (Å²) in [7, 11) is 1.61. The zero-order chi connectivity index (χ0) is 21.1. The van der Waals surface area contributed by atoms with Crippen LogP contribution in [0.25, 0.3) is 22.4 Å². The maximum absolute atomic E-state index is 12.3. The molecule has 150 valence electrons. The van der Waals surface area contributed by atoms with Crippen molar-refractivity contribution in [2.75, 3.05) is 7.11 Å². The Hall–Kier alpha value is -3.93. The number of methoxy groups -OCH3 is 1. The van der Waals surface area contributed by atoms with Gasteiger partial charge in [0.25, 0.3) is 5.91 Å². The Morgan fingerprint density at radius 1 is 1.07 bits per heavy atom. The second-order valence-corrected chi connectivity index (χ2v) is 7.09. The minimum absolute atomic E-state index is 0.281. The lowest BCUT2D eigenvalue weighted by molar-refractivity contribution is 0.0955. The fourth-order valence-corrected chi connectivity index (χ4v) is 3.14. The van der Waals surface area contributed by atoms with Crippen LogP contribution in [0.2, 0.25) is 0 Å². The van der Waals surface area contributed by atoms with Crippen molar-refractivity contribution in [1.82, 2.24) is 15.4 Å². The van der Waals surface area contributed by atoms with Crippen LogP contribution >= 0.6 is 0 Å². The summed E-state index contributed by atoms with van der Waals surface area (Å²) in [6, 6.07) is 18.9. The molecule has 0 bridgehead atoms. The molecule has 1 heterocycles. The molecule has 0 saturated carbocycles. The summed E-state index contributed by atoms with van der Waals surface area (Å²) in [6.45, 7) is 4.16. The largest absolute Gasteiger partial charge is 0.497 e. The Balaban J connectivity index is 1.46. The highest BCUT2D eigenvalue weighted by Crippen LogP contribution is 2.23. The van der Waals surface area contributed by atoms with Gasteiger partial charge in [0.2, 0.25) is 0 Å². The van der Waals surface area contributed by atoms with Crippen molar-refractivity contribution < 1.29 is 9.53 Å². The monoisotopic (exact) mass is 398 g/mol. The van der Waals surface area contributed by atoms with Gasteiger partial charge in [0.15, 0.2) is 0 Å². The number of H-pyrrole nitrogens is 1. The number of carbonyl (C=O) groups excluding carboxylic acids is 1. The SMILES string of the molecule is COc1cccc(/C=N/NC(=O)c2ccc(-c3nc4cc(C)c(C)cc4[nH]3)cc2)c1. The molecule has 1 amide bonds. The van der Waals surface area contributed by atoms with E-state index in [4.69, 9.17) is 4.74 Å². The van der Waals surface area contributed by atoms with Gasteiger partial charge in [-0.3, -0.25) is 4.79 Å². The highest BCUT2D eigenvalue weighted by molar-refractivity contribution is 5.95. The van der Waals surface area contributed by atoms with Crippen LogP contribution in [0.5, 0.6) is 5.75 Å². The van der Waals surface area contributed by atoms with E-state index >= 15 is 0 Å². The number of carbonyl (C=O) groups is 1. The van der Waals surface area contributed by atoms with Gasteiger partial charge in [-0.2, -0.15) is 5.10 Å². The molecule has 0 fully saturated rings. The Kier molecular flexibility index (Phi) is 5.30. The minimum atomic E-state index is -0.281. The summed E-state index contributed by atoms with van der Waals surface area (Å²) in [6.07, 6.45) is 1.58. The van der Waals surface area contributed by atoms with Crippen LogP contribution in [0.1, 0.15) is 27.0 Å². The summed E-state index contributed by atoms with van der Waals surface area (Å²) >= 11 is 0. The topological polar surface area (TPSA) is 79.4 Å². The Morgan fingerprint density at radius 3 is 2.60 bits per heavy atom. The smallest absolute Gasteiger partial charge is 0.271 e. The van der Waals surface area contributed by atoms with Crippen molar-refractivity contribution in [2.24, 2.45) is 5.10 Å². The van der Waals surface area contributed by atoms with E-state index in [1.54, 1.807) is 25.5 Å². The molecule has 6 heteroatoms. The molecule has 6 nitrogen and oxygen atoms in total. The van der Waals surface area contributed by atoms with Gasteiger partial charge in [-0.15, -0.1) is 0 Å². The Labute approximate surface area is 174 Å². The normalized spacial score (nSPS) is 11.2. The number of nitrogens with one attached hydrogen (secondary N) is 2. The average molecular weight is 398 g/mol. The van der Waals surface area contributed by atoms with Crippen LogP contribution in [0, 0.1) is 13.8 Å². The van der Waals surface area contributed by atoms with Crippen LogP contribution in [0.3, 0.4) is 0 Å². The molecule has 0 aliphatic carbocycles. The quantitative estimate of drug-likeness (QED) is 0.380. The number of aryl methyl sites for hydroxylation is 2. The number of benzene rings is 3. The van der Waals surface area contributed by atoms with Gasteiger partial charge in [0, 0.05) is 11.1 Å². The van der Waals surface area contributed by atoms with Crippen molar-refractivity contribution in [2.45, 2.75) is 13.8 Å². The number of hydrogen-bond donors (Lipinski definition) is 2. The summed E-state index contributed by atoms with van der Waals surface area (Å²) in [5, 5.41) is 4.02. The fraction of sp³-hybridized carbons (Fsp3) is 0.125. The van der Waals surface area contributed by atoms with E-state index in [0.29, 0.717) is 5.56 Å². The molecule has 0 atom stereocenters. The van der Waals surface area contributed by atoms with Gasteiger partial charge >= 0.3 is 0 Å². The minimum Gasteiger partial charge on any atom is -0.497 e. The molecular formula is C24H22N4O2. The molecule has 2 N–H and O–H groups in total. The molecule has 0 aliphatic heterocycles. The predicted molar refractivity (Wildman–Crippen MR) is 119 cm³/mol. The van der Waals surface area contributed by atoms with Gasteiger partial charge in [-0.25, -0.2) is 10.4 Å². The first-order valence-corrected chi connectivity index (χ1v) is 9.58. The third kappa shape index (κ3) is 4.07. The van der Waals surface area contributed by atoms with E-state index in [0.717, 1.165) is 33.7 Å². The summed E-state index contributed by atoms with van der Waals surface area (Å²) in [5.74, 6) is 1.23. The summed E-state index contributed by atoms with van der Waals surface area (Å²) < 4.78 is 5.17. The molecule has 4 rings (SSSR count). The highest BCUT2D eigenvalue weighted by atomic mass is 16.5. The number of ether oxygens (including phenoxy) is 1. The van der Waals surface area contributed by atoms with E-state index in [-0.39, 0.29) is 5.91 Å². The van der Waals surface area contributed by atoms with E-state index in [1.165, 1.54) is 11.1 Å². The zero-order valence-electron chi connectivity index (χ0n) is 17.1. The number of hydrogen-bond acceptors (Lipinski definition) is 4. The molecule has 3 aromatic carbocycles. The van der Waals surface area contributed by atoms with Crippen LogP contribution in [-0.4, -0.2) is 29.2 Å². The first-order chi connectivity index (χ1) is 14.5. The van der Waals surface area contributed by atoms with Gasteiger partial charge in [0.1, 0.15) is 11.6 Å². The molecule has 1 aromatic heterocycles. The van der Waals surface area contributed by atoms with Crippen molar-refractivity contribution >= 4 is 23.2 Å². The number of fused-ring (bicyclic) bond motifs is 1. The molecule has 0 aliphatic rings. The second-order valence-electron chi connectivity index (χ2n) is 7.09. The number of aromatic nitrogens is 2. The number of aromatic amines is 1. The van der Waals surface area contributed by atoms with E-state index in [2.05, 4.69) is 46.5 Å². The molecule has 0 radical (unpaired) electrons. The average Bonchev–Trinajstić information content (AvgIpc) is 3.17. The standard InChI is InChI=1S/C24H22N4O2/c1-15-11-21-22(12-16(15)2)27-23(26-21)18-7-9-19(10-8-18)24(29)28-25-14-17-5-4-6-20(13-17)30-3/h4-14H,1-3H3,(H,26,27)(H,28,29)/b25-14+. The molecule has 4 aromatic rings. The molecular weight excluding hydrogens is 376 g/mol. The first kappa shape index (κ1) is 19.4. The maximum atomic E-state index is 12.3. The number of amides is 1. The van der Waals surface area contributed by atoms with Gasteiger partial charge in [-0.05, 0) is 66.9 Å². The van der Waals surface area contributed by atoms with Crippen molar-refractivity contribution in [3.05, 3.63) is 82.9 Å². The molecule has 30 heavy (non-hydrogen) atoms. The highest BCUT2D eigenvalue weighted by Gasteiger charge is 2.09. The van der Waals surface area contributed by atoms with Crippen LogP contribution in [0.4, 0.5) is 0 Å². The molecule has 0 saturated heterocycles. The maximum Gasteiger partial charge on any atom is 0.271 e. The van der Waals surface area contributed by atoms with E-state index < -0.39 is 0 Å². The zero-order valence-corrected chi connectivity index (χ0v) is 17.1. The van der Waals surface area contributed by atoms with Gasteiger partial charge in [0.05, 0.1) is 24.4 Å². The van der Waals surface area contributed by atoms with Crippen LogP contribution < -0.4 is 10.2 Å². The Morgan fingerprint density at radius 2 is 1.83 bits per heavy atom. The third-order valence-electron chi connectivity index (χ3n) is 4.99. The van der Waals surface area contributed by atoms with Gasteiger partial charge < -0.3 is 9.72 Å². The number of rotatable bonds is 5. The van der Waals surface area contributed by atoms with E-state index in [1.807, 2.05) is 36.4 Å². The lowest BCUT2D eigenvalue weighted by Gasteiger charge is -2.02. The third-order valence-corrected chi connectivity index (χ3v) is 4.99. The number of nitrogens with zero attached hydrogens (tertiary/aromatic N) is 2. The lowest BCUT2D eigenvalue weighted by atomic mass is 10.1. The van der Waals surface area contributed by atoms with Crippen molar-refractivity contribution in [3.8, 4) is 17.1 Å². The number of imidazole rings is 1. The Bertz CT molecular complexity index is 1200. The lowest BCUT2D eigenvalue weighted by Crippen LogP contribution is -2.17. The molecule has 0 unspecified atom stereocenters. The molecule has 0 spiro atoms. The van der Waals surface area contributed by atoms with Gasteiger partial charge in [-0.1, -0.05) is 24.3 Å². The van der Waals surface area contributed by atoms with Crippen molar-refractivity contribution in [1.29, 1.82) is 0 Å². The summed E-state index contributed by atoms with van der Waals surface area (Å²) in [5.41, 5.74) is 9.18. The second kappa shape index (κ2) is 8.21. The summed E-state index contributed by atoms with van der Waals surface area (Å²) in [4.78, 5) is 20.4. The van der Waals surface area contributed by atoms with Crippen LogP contribution in [-0.2, 0) is 0 Å².